The van der Waals surface area contributed by atoms with Crippen LogP contribution in [-0.2, 0) is 9.59 Å². The van der Waals surface area contributed by atoms with Gasteiger partial charge in [-0.05, 0) is 59.6 Å². The number of ether oxygens (including phenoxy) is 1. The van der Waals surface area contributed by atoms with Crippen molar-refractivity contribution < 1.29 is 19.4 Å². The van der Waals surface area contributed by atoms with Crippen molar-refractivity contribution in [2.45, 2.75) is 72.8 Å². The number of esters is 1. The summed E-state index contributed by atoms with van der Waals surface area (Å²) in [6.45, 7) is 14.1. The number of carbonyl (C=O) groups is 2. The zero-order valence-electron chi connectivity index (χ0n) is 20.9. The van der Waals surface area contributed by atoms with Crippen LogP contribution in [0.5, 0.6) is 11.5 Å². The zero-order valence-corrected chi connectivity index (χ0v) is 20.9. The standard InChI is InChI=1S/C27H38N2O4/c1-17(2)22-9-8-10-23(18(3)4)25(22)33-24(31)15-27(6,7)16-29(26(32)19(5)28)20-11-13-21(30)14-12-20/h8-14,17-19,30H,15-16,28H2,1-7H3/t19-/m0/s1. The summed E-state index contributed by atoms with van der Waals surface area (Å²) in [4.78, 5) is 27.5. The third-order valence-electron chi connectivity index (χ3n) is 5.56. The predicted octanol–water partition coefficient (Wildman–Crippen LogP) is 5.34. The van der Waals surface area contributed by atoms with Crippen LogP contribution in [0.3, 0.4) is 0 Å². The largest absolute Gasteiger partial charge is 0.508 e. The highest BCUT2D eigenvalue weighted by molar-refractivity contribution is 5.97. The van der Waals surface area contributed by atoms with E-state index < -0.39 is 11.5 Å². The van der Waals surface area contributed by atoms with Gasteiger partial charge in [0.15, 0.2) is 0 Å². The first-order chi connectivity index (χ1) is 15.3. The molecule has 3 N–H and O–H groups in total. The third-order valence-corrected chi connectivity index (χ3v) is 5.56. The molecule has 2 aromatic rings. The number of hydrogen-bond donors (Lipinski definition) is 2. The number of benzene rings is 2. The van der Waals surface area contributed by atoms with Crippen LogP contribution in [0.1, 0.15) is 77.8 Å². The number of anilines is 1. The van der Waals surface area contributed by atoms with Crippen molar-refractivity contribution >= 4 is 17.6 Å². The van der Waals surface area contributed by atoms with Crippen LogP contribution < -0.4 is 15.4 Å². The molecule has 0 saturated carbocycles. The lowest BCUT2D eigenvalue weighted by Gasteiger charge is -2.33. The van der Waals surface area contributed by atoms with E-state index in [2.05, 4.69) is 27.7 Å². The van der Waals surface area contributed by atoms with Crippen LogP contribution in [0, 0.1) is 5.41 Å². The van der Waals surface area contributed by atoms with Gasteiger partial charge < -0.3 is 20.5 Å². The second-order valence-corrected chi connectivity index (χ2v) is 10.1. The summed E-state index contributed by atoms with van der Waals surface area (Å²) in [5.41, 5.74) is 7.93. The topological polar surface area (TPSA) is 92.9 Å². The minimum absolute atomic E-state index is 0.111. The Labute approximate surface area is 197 Å². The number of phenols is 1. The fourth-order valence-corrected chi connectivity index (χ4v) is 3.80. The lowest BCUT2D eigenvalue weighted by molar-refractivity contribution is -0.136. The maximum absolute atomic E-state index is 13.1. The van der Waals surface area contributed by atoms with E-state index >= 15 is 0 Å². The Morgan fingerprint density at radius 3 is 1.94 bits per heavy atom. The Morgan fingerprint density at radius 1 is 0.970 bits per heavy atom. The fraction of sp³-hybridized carbons (Fsp3) is 0.481. The lowest BCUT2D eigenvalue weighted by atomic mass is 9.88. The van der Waals surface area contributed by atoms with E-state index in [1.165, 1.54) is 12.1 Å². The Hall–Kier alpha value is -2.86. The monoisotopic (exact) mass is 454 g/mol. The normalized spacial score (nSPS) is 12.7. The van der Waals surface area contributed by atoms with Crippen LogP contribution in [0.15, 0.2) is 42.5 Å². The Bertz CT molecular complexity index is 936. The molecule has 0 aliphatic carbocycles. The molecule has 2 rings (SSSR count). The Balaban J connectivity index is 2.26. The number of carbonyl (C=O) groups excluding carboxylic acids is 2. The van der Waals surface area contributed by atoms with E-state index in [1.54, 1.807) is 24.0 Å². The Morgan fingerprint density at radius 2 is 1.48 bits per heavy atom. The number of amides is 1. The first-order valence-corrected chi connectivity index (χ1v) is 11.5. The smallest absolute Gasteiger partial charge is 0.311 e. The van der Waals surface area contributed by atoms with Crippen molar-refractivity contribution in [1.82, 2.24) is 0 Å². The molecular formula is C27H38N2O4. The van der Waals surface area contributed by atoms with Gasteiger partial charge in [0.1, 0.15) is 11.5 Å². The summed E-state index contributed by atoms with van der Waals surface area (Å²) in [5.74, 6) is 0.592. The molecule has 0 spiro atoms. The van der Waals surface area contributed by atoms with Gasteiger partial charge in [0.2, 0.25) is 5.91 Å². The minimum Gasteiger partial charge on any atom is -0.508 e. The van der Waals surface area contributed by atoms with Crippen LogP contribution >= 0.6 is 0 Å². The molecule has 6 nitrogen and oxygen atoms in total. The van der Waals surface area contributed by atoms with Gasteiger partial charge in [0.05, 0.1) is 12.5 Å². The molecule has 0 aliphatic heterocycles. The van der Waals surface area contributed by atoms with E-state index in [-0.39, 0.29) is 42.4 Å². The molecule has 1 amide bonds. The molecule has 0 heterocycles. The molecule has 6 heteroatoms. The molecular weight excluding hydrogens is 416 g/mol. The number of nitrogens with two attached hydrogens (primary N) is 1. The van der Waals surface area contributed by atoms with Crippen molar-refractivity contribution in [2.75, 3.05) is 11.4 Å². The van der Waals surface area contributed by atoms with E-state index in [9.17, 15) is 14.7 Å². The van der Waals surface area contributed by atoms with Crippen molar-refractivity contribution in [3.8, 4) is 11.5 Å². The van der Waals surface area contributed by atoms with Crippen LogP contribution in [0.2, 0.25) is 0 Å². The number of phenolic OH excluding ortho intramolecular Hbond substituents is 1. The van der Waals surface area contributed by atoms with Gasteiger partial charge in [-0.15, -0.1) is 0 Å². The number of hydrogen-bond acceptors (Lipinski definition) is 5. The van der Waals surface area contributed by atoms with Crippen LogP contribution in [0.25, 0.3) is 0 Å². The lowest BCUT2D eigenvalue weighted by Crippen LogP contribution is -2.47. The molecule has 33 heavy (non-hydrogen) atoms. The molecule has 0 aliphatic rings. The molecule has 0 radical (unpaired) electrons. The molecule has 2 aromatic carbocycles. The van der Waals surface area contributed by atoms with E-state index in [0.29, 0.717) is 11.4 Å². The fourth-order valence-electron chi connectivity index (χ4n) is 3.80. The molecule has 0 aromatic heterocycles. The van der Waals surface area contributed by atoms with Crippen LogP contribution in [-0.4, -0.2) is 29.6 Å². The minimum atomic E-state index is -0.701. The maximum Gasteiger partial charge on any atom is 0.311 e. The molecule has 1 atom stereocenters. The zero-order chi connectivity index (χ0) is 24.9. The van der Waals surface area contributed by atoms with Crippen LogP contribution in [0.4, 0.5) is 5.69 Å². The summed E-state index contributed by atoms with van der Waals surface area (Å²) < 4.78 is 5.95. The average molecular weight is 455 g/mol. The molecule has 0 unspecified atom stereocenters. The molecule has 0 fully saturated rings. The second kappa shape index (κ2) is 10.8. The van der Waals surface area contributed by atoms with Crippen molar-refractivity contribution in [3.63, 3.8) is 0 Å². The number of nitrogens with zero attached hydrogens (tertiary/aromatic N) is 1. The highest BCUT2D eigenvalue weighted by Gasteiger charge is 2.31. The molecule has 0 saturated heterocycles. The second-order valence-electron chi connectivity index (χ2n) is 10.1. The summed E-state index contributed by atoms with van der Waals surface area (Å²) in [6.07, 6.45) is 0.123. The molecule has 180 valence electrons. The summed E-state index contributed by atoms with van der Waals surface area (Å²) in [5, 5.41) is 9.61. The third kappa shape index (κ3) is 7.06. The van der Waals surface area contributed by atoms with Gasteiger partial charge >= 0.3 is 5.97 Å². The summed E-state index contributed by atoms with van der Waals surface area (Å²) in [7, 11) is 0. The summed E-state index contributed by atoms with van der Waals surface area (Å²) >= 11 is 0. The molecule has 0 bridgehead atoms. The maximum atomic E-state index is 13.1. The first-order valence-electron chi connectivity index (χ1n) is 11.5. The van der Waals surface area contributed by atoms with Crippen molar-refractivity contribution in [3.05, 3.63) is 53.6 Å². The van der Waals surface area contributed by atoms with Gasteiger partial charge in [0.25, 0.3) is 0 Å². The van der Waals surface area contributed by atoms with E-state index in [1.807, 2.05) is 32.0 Å². The van der Waals surface area contributed by atoms with E-state index in [0.717, 1.165) is 11.1 Å². The number of rotatable bonds is 9. The predicted molar refractivity (Wildman–Crippen MR) is 133 cm³/mol. The van der Waals surface area contributed by atoms with Crippen molar-refractivity contribution in [1.29, 1.82) is 0 Å². The van der Waals surface area contributed by atoms with Gasteiger partial charge in [0, 0.05) is 12.2 Å². The number of aromatic hydroxyl groups is 1. The highest BCUT2D eigenvalue weighted by atomic mass is 16.5. The van der Waals surface area contributed by atoms with E-state index in [4.69, 9.17) is 10.5 Å². The Kier molecular flexibility index (Phi) is 8.67. The summed E-state index contributed by atoms with van der Waals surface area (Å²) in [6, 6.07) is 11.7. The first kappa shape index (κ1) is 26.4. The van der Waals surface area contributed by atoms with Gasteiger partial charge in [-0.25, -0.2) is 0 Å². The quantitative estimate of drug-likeness (QED) is 0.394. The highest BCUT2D eigenvalue weighted by Crippen LogP contribution is 2.36. The average Bonchev–Trinajstić information content (AvgIpc) is 2.71. The van der Waals surface area contributed by atoms with Crippen molar-refractivity contribution in [2.24, 2.45) is 11.1 Å². The number of para-hydroxylation sites is 1. The SMILES string of the molecule is CC(C)c1cccc(C(C)C)c1OC(=O)CC(C)(C)CN(C(=O)[C@H](C)N)c1ccc(O)cc1. The van der Waals surface area contributed by atoms with Gasteiger partial charge in [-0.1, -0.05) is 59.7 Å². The van der Waals surface area contributed by atoms with Gasteiger partial charge in [-0.3, -0.25) is 9.59 Å². The van der Waals surface area contributed by atoms with Gasteiger partial charge in [-0.2, -0.15) is 0 Å².